The molecule has 37 heavy (non-hydrogen) atoms. The molecule has 0 saturated carbocycles. The van der Waals surface area contributed by atoms with Crippen LogP contribution in [0.1, 0.15) is 12.6 Å². The zero-order chi connectivity index (χ0) is 27.1. The molecule has 5 atom stereocenters. The van der Waals surface area contributed by atoms with Crippen molar-refractivity contribution in [3.05, 3.63) is 16.7 Å². The first kappa shape index (κ1) is 27.8. The van der Waals surface area contributed by atoms with E-state index in [1.54, 1.807) is 7.05 Å². The summed E-state index contributed by atoms with van der Waals surface area (Å²) in [5, 5.41) is 11.2. The average Bonchev–Trinajstić information content (AvgIpc) is 3.28. The number of nitrogens with two attached hydrogens (primary N) is 1. The van der Waals surface area contributed by atoms with Crippen LogP contribution in [0, 0.1) is 5.92 Å². The lowest BCUT2D eigenvalue weighted by atomic mass is 9.93. The van der Waals surface area contributed by atoms with Crippen LogP contribution in [0.15, 0.2) is 11.1 Å². The van der Waals surface area contributed by atoms with Gasteiger partial charge in [0.15, 0.2) is 6.33 Å². The first-order valence-corrected chi connectivity index (χ1v) is 14.0. The maximum Gasteiger partial charge on any atom is 0.481 e. The summed E-state index contributed by atoms with van der Waals surface area (Å²) in [6, 6.07) is 0. The molecule has 7 N–H and O–H groups in total. The molecule has 0 aromatic carbocycles. The highest BCUT2D eigenvalue weighted by Gasteiger charge is 2.49. The van der Waals surface area contributed by atoms with Crippen LogP contribution in [0.25, 0.3) is 11.2 Å². The van der Waals surface area contributed by atoms with Crippen LogP contribution in [0.2, 0.25) is 0 Å². The van der Waals surface area contributed by atoms with E-state index in [-0.39, 0.29) is 29.4 Å². The number of anilines is 1. The smallest absolute Gasteiger partial charge is 0.386 e. The minimum Gasteiger partial charge on any atom is -0.386 e. The molecule has 4 rings (SSSR count). The van der Waals surface area contributed by atoms with E-state index in [2.05, 4.69) is 14.3 Å². The van der Waals surface area contributed by atoms with Gasteiger partial charge in [-0.15, -0.1) is 0 Å². The zero-order valence-electron chi connectivity index (χ0n) is 19.4. The van der Waals surface area contributed by atoms with Crippen LogP contribution in [-0.4, -0.2) is 90.2 Å². The predicted molar refractivity (Wildman–Crippen MR) is 120 cm³/mol. The first-order valence-electron chi connectivity index (χ1n) is 10.9. The van der Waals surface area contributed by atoms with E-state index in [1.807, 2.05) is 0 Å². The normalized spacial score (nSPS) is 26.5. The molecule has 0 aliphatic carbocycles. The van der Waals surface area contributed by atoms with Crippen LogP contribution < -0.4 is 15.9 Å². The largest absolute Gasteiger partial charge is 0.481 e. The molecule has 0 spiro atoms. The number of H-pyrrole nitrogens is 1. The number of fused-ring (bicyclic) bond motifs is 1. The van der Waals surface area contributed by atoms with Gasteiger partial charge in [-0.2, -0.15) is 4.31 Å². The number of amides is 1. The Labute approximate surface area is 208 Å². The predicted octanol–water partition coefficient (Wildman–Crippen LogP) is -2.52. The van der Waals surface area contributed by atoms with E-state index in [0.29, 0.717) is 26.3 Å². The number of rotatable bonds is 8. The maximum absolute atomic E-state index is 12.9. The molecule has 2 fully saturated rings. The minimum absolute atomic E-state index is 0.0605. The Kier molecular flexibility index (Phi) is 7.88. The molecule has 2 aliphatic heterocycles. The number of carbonyl (C=O) groups excluding carboxylic acids is 1. The van der Waals surface area contributed by atoms with E-state index in [0.717, 1.165) is 0 Å². The van der Waals surface area contributed by atoms with Gasteiger partial charge >= 0.3 is 21.3 Å². The summed E-state index contributed by atoms with van der Waals surface area (Å²) >= 11 is 0. The monoisotopic (exact) mass is 569 g/mol. The van der Waals surface area contributed by atoms with Gasteiger partial charge in [-0.25, -0.2) is 13.7 Å². The Bertz CT molecular complexity index is 1320. The van der Waals surface area contributed by atoms with Gasteiger partial charge in [-0.05, 0) is 0 Å². The van der Waals surface area contributed by atoms with Gasteiger partial charge in [-0.1, -0.05) is 4.98 Å². The molecule has 0 bridgehead atoms. The summed E-state index contributed by atoms with van der Waals surface area (Å²) in [7, 11) is -9.06. The molecule has 2 aromatic rings. The number of aryl methyl sites for hydroxylation is 1. The number of aliphatic hydroxyl groups is 1. The lowest BCUT2D eigenvalue weighted by molar-refractivity contribution is -0.745. The number of hydrogen-bond donors (Lipinski definition) is 6. The number of morpholine rings is 1. The van der Waals surface area contributed by atoms with Gasteiger partial charge in [0.1, 0.15) is 6.10 Å². The lowest BCUT2D eigenvalue weighted by Crippen LogP contribution is -2.46. The molecule has 2 saturated heterocycles. The van der Waals surface area contributed by atoms with E-state index in [9.17, 15) is 28.7 Å². The second-order valence-electron chi connectivity index (χ2n) is 8.51. The molecule has 2 aromatic heterocycles. The van der Waals surface area contributed by atoms with Crippen molar-refractivity contribution in [1.82, 2.24) is 19.4 Å². The number of carbonyl (C=O) groups is 1. The number of phosphoric ester groups is 1. The molecule has 2 aliphatic rings. The maximum atomic E-state index is 12.9. The van der Waals surface area contributed by atoms with Crippen molar-refractivity contribution >= 4 is 38.7 Å². The third kappa shape index (κ3) is 6.26. The van der Waals surface area contributed by atoms with Crippen LogP contribution in [-0.2, 0) is 39.3 Å². The highest BCUT2D eigenvalue weighted by Crippen LogP contribution is 2.57. The highest BCUT2D eigenvalue weighted by molar-refractivity contribution is 7.60. The molecule has 1 amide bonds. The third-order valence-corrected chi connectivity index (χ3v) is 8.12. The first-order chi connectivity index (χ1) is 17.3. The Balaban J connectivity index is 1.63. The number of hydrogen-bond acceptors (Lipinski definition) is 11. The molecule has 20 heteroatoms. The number of ether oxygens (including phenoxy) is 2. The molecule has 1 unspecified atom stereocenters. The van der Waals surface area contributed by atoms with E-state index in [1.165, 1.54) is 20.4 Å². The Morgan fingerprint density at radius 1 is 1.32 bits per heavy atom. The molecular formula is C17H27N6O12P2+. The fourth-order valence-electron chi connectivity index (χ4n) is 4.36. The molecule has 18 nitrogen and oxygen atoms in total. The minimum atomic E-state index is -5.37. The number of phosphoric acid groups is 2. The number of aromatic amines is 1. The lowest BCUT2D eigenvalue weighted by Gasteiger charge is -2.29. The van der Waals surface area contributed by atoms with Gasteiger partial charge in [0.05, 0.1) is 33.0 Å². The topological polar surface area (TPSA) is 253 Å². The van der Waals surface area contributed by atoms with Crippen molar-refractivity contribution in [3.8, 4) is 0 Å². The summed E-state index contributed by atoms with van der Waals surface area (Å²) in [5.74, 6) is -1.54. The van der Waals surface area contributed by atoms with Crippen LogP contribution >= 0.6 is 15.6 Å². The van der Waals surface area contributed by atoms with E-state index < -0.39 is 52.2 Å². The number of aromatic nitrogens is 4. The second-order valence-corrected chi connectivity index (χ2v) is 11.3. The van der Waals surface area contributed by atoms with Gasteiger partial charge in [0.25, 0.3) is 11.5 Å². The average molecular weight is 569 g/mol. The zero-order valence-corrected chi connectivity index (χ0v) is 21.2. The van der Waals surface area contributed by atoms with Crippen molar-refractivity contribution in [2.24, 2.45) is 13.0 Å². The standard InChI is InChI=1S/C17H26N6O12P2/c1-21-8-23(14-12(21)15(26)20-17(18)19-14)16-13(25)9(6-11(24)22-2-4-32-5-3-22)10(34-16)7-33-37(30,31)35-36(27,28)29/h8-10,13,16,25H,2-7H2,1H3,(H5-,18,19,20,26,27,28,29,30,31)/p+1/t9-,10-,13-,16-/m1/s1. The Hall–Kier alpha value is -2.24. The van der Waals surface area contributed by atoms with E-state index >= 15 is 0 Å². The van der Waals surface area contributed by atoms with Gasteiger partial charge in [-0.3, -0.25) is 23.7 Å². The van der Waals surface area contributed by atoms with Gasteiger partial charge in [0, 0.05) is 25.4 Å². The summed E-state index contributed by atoms with van der Waals surface area (Å²) in [5.41, 5.74) is 5.30. The highest BCUT2D eigenvalue weighted by atomic mass is 31.3. The summed E-state index contributed by atoms with van der Waals surface area (Å²) < 4.78 is 45.4. The van der Waals surface area contributed by atoms with Crippen LogP contribution in [0.5, 0.6) is 0 Å². The van der Waals surface area contributed by atoms with E-state index in [4.69, 9.17) is 29.5 Å². The fraction of sp³-hybridized carbons (Fsp3) is 0.647. The van der Waals surface area contributed by atoms with Gasteiger partial charge < -0.3 is 39.9 Å². The number of nitrogens with zero attached hydrogens (tertiary/aromatic N) is 4. The molecule has 0 radical (unpaired) electrons. The number of nitrogens with one attached hydrogen (secondary N) is 1. The van der Waals surface area contributed by atoms with Crippen molar-refractivity contribution in [2.45, 2.75) is 24.9 Å². The van der Waals surface area contributed by atoms with Gasteiger partial charge in [0.2, 0.25) is 17.7 Å². The van der Waals surface area contributed by atoms with Crippen molar-refractivity contribution < 1.29 is 56.6 Å². The molecule has 4 heterocycles. The van der Waals surface area contributed by atoms with Crippen molar-refractivity contribution in [1.29, 1.82) is 0 Å². The van der Waals surface area contributed by atoms with Crippen LogP contribution in [0.3, 0.4) is 0 Å². The Morgan fingerprint density at radius 2 is 2.00 bits per heavy atom. The number of imidazole rings is 1. The Morgan fingerprint density at radius 3 is 2.65 bits per heavy atom. The SMILES string of the molecule is Cn1c[n+]([C@@H]2O[C@H](COP(=O)(O)OP(=O)(O)O)[C@@H](CC(=O)N3CCOCC3)[C@H]2O)c2nc(N)[nH]c(=O)c21. The summed E-state index contributed by atoms with van der Waals surface area (Å²) in [4.78, 5) is 60.7. The van der Waals surface area contributed by atoms with Crippen molar-refractivity contribution in [2.75, 3.05) is 38.6 Å². The molecular weight excluding hydrogens is 542 g/mol. The second kappa shape index (κ2) is 10.5. The summed E-state index contributed by atoms with van der Waals surface area (Å²) in [6.07, 6.45) is -2.71. The number of aliphatic hydroxyl groups excluding tert-OH is 1. The third-order valence-electron chi connectivity index (χ3n) is 5.97. The quantitative estimate of drug-likeness (QED) is 0.142. The van der Waals surface area contributed by atoms with Crippen LogP contribution in [0.4, 0.5) is 5.95 Å². The fourth-order valence-corrected chi connectivity index (χ4v) is 5.96. The summed E-state index contributed by atoms with van der Waals surface area (Å²) in [6.45, 7) is 0.569. The molecule has 206 valence electrons. The number of nitrogen functional groups attached to an aromatic ring is 1. The van der Waals surface area contributed by atoms with Crippen molar-refractivity contribution in [3.63, 3.8) is 0 Å².